The zero-order valence-corrected chi connectivity index (χ0v) is 13.8. The molecular weight excluding hydrogens is 328 g/mol. The Hall–Kier alpha value is -3.67. The average molecular weight is 344 g/mol. The van der Waals surface area contributed by atoms with E-state index in [-0.39, 0.29) is 11.8 Å². The molecule has 0 saturated heterocycles. The van der Waals surface area contributed by atoms with Crippen LogP contribution in [0.25, 0.3) is 0 Å². The highest BCUT2D eigenvalue weighted by Gasteiger charge is 2.34. The number of carbonyl (C=O) groups excluding carboxylic acids is 2. The van der Waals surface area contributed by atoms with Gasteiger partial charge in [0.25, 0.3) is 11.8 Å². The number of nitrogens with zero attached hydrogens (tertiary/aromatic N) is 2. The molecule has 2 heterocycles. The highest BCUT2D eigenvalue weighted by molar-refractivity contribution is 6.03. The second-order valence-electron chi connectivity index (χ2n) is 5.86. The summed E-state index contributed by atoms with van der Waals surface area (Å²) in [7, 11) is 0. The molecule has 0 spiro atoms. The second-order valence-corrected chi connectivity index (χ2v) is 5.86. The zero-order valence-electron chi connectivity index (χ0n) is 13.8. The van der Waals surface area contributed by atoms with Crippen molar-refractivity contribution in [2.75, 3.05) is 5.32 Å². The monoisotopic (exact) mass is 344 g/mol. The Bertz CT molecular complexity index is 944. The van der Waals surface area contributed by atoms with E-state index in [9.17, 15) is 9.59 Å². The molecule has 26 heavy (non-hydrogen) atoms. The van der Waals surface area contributed by atoms with Gasteiger partial charge in [0.05, 0.1) is 5.56 Å². The van der Waals surface area contributed by atoms with Gasteiger partial charge in [-0.3, -0.25) is 20.0 Å². The van der Waals surface area contributed by atoms with E-state index in [0.717, 1.165) is 11.3 Å². The number of aromatic nitrogens is 1. The van der Waals surface area contributed by atoms with Crippen LogP contribution >= 0.6 is 0 Å². The van der Waals surface area contributed by atoms with Crippen molar-refractivity contribution in [1.82, 2.24) is 15.4 Å². The third kappa shape index (κ3) is 2.88. The fourth-order valence-electron chi connectivity index (χ4n) is 2.90. The third-order valence-electron chi connectivity index (χ3n) is 4.18. The fourth-order valence-corrected chi connectivity index (χ4v) is 2.90. The lowest BCUT2D eigenvalue weighted by Gasteiger charge is -2.37. The molecule has 1 atom stereocenters. The molecule has 2 N–H and O–H groups in total. The van der Waals surface area contributed by atoms with Gasteiger partial charge < -0.3 is 5.32 Å². The van der Waals surface area contributed by atoms with Crippen molar-refractivity contribution in [2.45, 2.75) is 6.17 Å². The van der Waals surface area contributed by atoms with E-state index in [1.54, 1.807) is 54.9 Å². The summed E-state index contributed by atoms with van der Waals surface area (Å²) in [5, 5.41) is 4.62. The van der Waals surface area contributed by atoms with Crippen LogP contribution in [0, 0.1) is 0 Å². The van der Waals surface area contributed by atoms with Crippen molar-refractivity contribution in [3.8, 4) is 0 Å². The number of anilines is 1. The van der Waals surface area contributed by atoms with Gasteiger partial charge in [-0.2, -0.15) is 0 Å². The number of fused-ring (bicyclic) bond motifs is 1. The summed E-state index contributed by atoms with van der Waals surface area (Å²) >= 11 is 0. The average Bonchev–Trinajstić information content (AvgIpc) is 2.71. The molecule has 0 saturated carbocycles. The van der Waals surface area contributed by atoms with Crippen LogP contribution < -0.4 is 10.7 Å². The normalized spacial score (nSPS) is 15.8. The van der Waals surface area contributed by atoms with Crippen LogP contribution in [-0.2, 0) is 0 Å². The SMILES string of the molecule is O=C(NN1C(=O)c2ccccc2N[C@H]1c1cccnc1)c1ccccc1. The minimum Gasteiger partial charge on any atom is -0.359 e. The first-order valence-electron chi connectivity index (χ1n) is 8.19. The standard InChI is InChI=1S/C20H16N4O2/c25-19(14-7-2-1-3-8-14)23-24-18(15-9-6-12-21-13-15)22-17-11-5-4-10-16(17)20(24)26/h1-13,18,22H,(H,23,25)/t18-/m1/s1. The minimum atomic E-state index is -0.557. The Morgan fingerprint density at radius 1 is 1.00 bits per heavy atom. The molecule has 0 radical (unpaired) electrons. The number of para-hydroxylation sites is 1. The zero-order chi connectivity index (χ0) is 17.9. The van der Waals surface area contributed by atoms with Crippen LogP contribution in [0.3, 0.4) is 0 Å². The van der Waals surface area contributed by atoms with Crippen molar-refractivity contribution in [2.24, 2.45) is 0 Å². The van der Waals surface area contributed by atoms with Gasteiger partial charge in [-0.15, -0.1) is 0 Å². The van der Waals surface area contributed by atoms with E-state index in [0.29, 0.717) is 11.1 Å². The van der Waals surface area contributed by atoms with E-state index in [1.807, 2.05) is 24.3 Å². The molecule has 6 nitrogen and oxygen atoms in total. The molecule has 4 rings (SSSR count). The number of carbonyl (C=O) groups is 2. The van der Waals surface area contributed by atoms with Gasteiger partial charge in [-0.05, 0) is 30.3 Å². The first-order valence-corrected chi connectivity index (χ1v) is 8.19. The molecule has 0 unspecified atom stereocenters. The lowest BCUT2D eigenvalue weighted by atomic mass is 10.1. The highest BCUT2D eigenvalue weighted by Crippen LogP contribution is 2.31. The van der Waals surface area contributed by atoms with Gasteiger partial charge in [0.1, 0.15) is 6.17 Å². The molecular formula is C20H16N4O2. The van der Waals surface area contributed by atoms with Crippen LogP contribution in [0.15, 0.2) is 79.1 Å². The highest BCUT2D eigenvalue weighted by atomic mass is 16.2. The maximum absolute atomic E-state index is 13.0. The van der Waals surface area contributed by atoms with Crippen molar-refractivity contribution in [1.29, 1.82) is 0 Å². The molecule has 6 heteroatoms. The molecule has 1 aliphatic rings. The fraction of sp³-hybridized carbons (Fsp3) is 0.0500. The van der Waals surface area contributed by atoms with Crippen molar-refractivity contribution < 1.29 is 9.59 Å². The number of rotatable bonds is 3. The van der Waals surface area contributed by atoms with E-state index in [4.69, 9.17) is 0 Å². The maximum Gasteiger partial charge on any atom is 0.276 e. The molecule has 1 aliphatic heterocycles. The molecule has 3 aromatic rings. The van der Waals surface area contributed by atoms with E-state index in [1.165, 1.54) is 5.01 Å². The summed E-state index contributed by atoms with van der Waals surface area (Å²) in [6, 6.07) is 19.6. The van der Waals surface area contributed by atoms with Crippen molar-refractivity contribution >= 4 is 17.5 Å². The predicted molar refractivity (Wildman–Crippen MR) is 97.1 cm³/mol. The third-order valence-corrected chi connectivity index (χ3v) is 4.18. The lowest BCUT2D eigenvalue weighted by Crippen LogP contribution is -2.52. The van der Waals surface area contributed by atoms with Crippen LogP contribution in [0.1, 0.15) is 32.4 Å². The first-order chi connectivity index (χ1) is 12.7. The maximum atomic E-state index is 13.0. The number of hydrazine groups is 1. The summed E-state index contributed by atoms with van der Waals surface area (Å²) < 4.78 is 0. The molecule has 0 fully saturated rings. The van der Waals surface area contributed by atoms with E-state index >= 15 is 0 Å². The Kier molecular flexibility index (Phi) is 4.07. The van der Waals surface area contributed by atoms with Crippen LogP contribution in [0.5, 0.6) is 0 Å². The van der Waals surface area contributed by atoms with Crippen LogP contribution in [-0.4, -0.2) is 21.8 Å². The molecule has 2 aromatic carbocycles. The summed E-state index contributed by atoms with van der Waals surface area (Å²) in [5.74, 6) is -0.633. The predicted octanol–water partition coefficient (Wildman–Crippen LogP) is 2.99. The largest absolute Gasteiger partial charge is 0.359 e. The minimum absolute atomic E-state index is 0.280. The molecule has 0 bridgehead atoms. The smallest absolute Gasteiger partial charge is 0.276 e. The van der Waals surface area contributed by atoms with Gasteiger partial charge >= 0.3 is 0 Å². The Morgan fingerprint density at radius 2 is 1.77 bits per heavy atom. The van der Waals surface area contributed by atoms with Gasteiger partial charge in [-0.1, -0.05) is 36.4 Å². The van der Waals surface area contributed by atoms with Gasteiger partial charge in [0, 0.05) is 29.2 Å². The summed E-state index contributed by atoms with van der Waals surface area (Å²) in [5.41, 5.74) is 5.19. The van der Waals surface area contributed by atoms with Crippen molar-refractivity contribution in [3.63, 3.8) is 0 Å². The number of hydrogen-bond donors (Lipinski definition) is 2. The Labute approximate surface area is 150 Å². The molecule has 0 aliphatic carbocycles. The van der Waals surface area contributed by atoms with Crippen LogP contribution in [0.2, 0.25) is 0 Å². The first kappa shape index (κ1) is 15.8. The number of nitrogens with one attached hydrogen (secondary N) is 2. The quantitative estimate of drug-likeness (QED) is 0.766. The Balaban J connectivity index is 1.71. The number of benzene rings is 2. The Morgan fingerprint density at radius 3 is 2.54 bits per heavy atom. The van der Waals surface area contributed by atoms with Crippen molar-refractivity contribution in [3.05, 3.63) is 95.8 Å². The summed E-state index contributed by atoms with van der Waals surface area (Å²) in [6.07, 6.45) is 2.77. The number of amides is 2. The second kappa shape index (κ2) is 6.68. The molecule has 128 valence electrons. The summed E-state index contributed by atoms with van der Waals surface area (Å²) in [6.45, 7) is 0. The van der Waals surface area contributed by atoms with Crippen LogP contribution in [0.4, 0.5) is 5.69 Å². The lowest BCUT2D eigenvalue weighted by molar-refractivity contribution is 0.0490. The summed E-state index contributed by atoms with van der Waals surface area (Å²) in [4.78, 5) is 29.7. The van der Waals surface area contributed by atoms with E-state index in [2.05, 4.69) is 15.7 Å². The number of pyridine rings is 1. The topological polar surface area (TPSA) is 74.3 Å². The van der Waals surface area contributed by atoms with Gasteiger partial charge in [0.15, 0.2) is 0 Å². The number of hydrogen-bond acceptors (Lipinski definition) is 4. The van der Waals surface area contributed by atoms with Gasteiger partial charge in [0.2, 0.25) is 0 Å². The molecule has 1 aromatic heterocycles. The van der Waals surface area contributed by atoms with Gasteiger partial charge in [-0.25, -0.2) is 5.01 Å². The molecule has 2 amide bonds. The van der Waals surface area contributed by atoms with E-state index < -0.39 is 6.17 Å².